The molecule has 2 nitrogen and oxygen atoms in total. The van der Waals surface area contributed by atoms with E-state index in [1.165, 1.54) is 0 Å². The summed E-state index contributed by atoms with van der Waals surface area (Å²) in [6, 6.07) is 7.67. The lowest BCUT2D eigenvalue weighted by Gasteiger charge is -2.14. The number of nitrogens with two attached hydrogens (primary N) is 1. The van der Waals surface area contributed by atoms with E-state index in [9.17, 15) is 4.79 Å². The number of anilines is 1. The predicted octanol–water partition coefficient (Wildman–Crippen LogP) is 2.84. The fourth-order valence-electron chi connectivity index (χ4n) is 2.10. The molecule has 1 fully saturated rings. The first-order valence-electron chi connectivity index (χ1n) is 5.58. The van der Waals surface area contributed by atoms with E-state index in [1.54, 1.807) is 0 Å². The molecule has 0 aliphatic heterocycles. The van der Waals surface area contributed by atoms with Crippen molar-refractivity contribution in [1.29, 1.82) is 0 Å². The molecule has 16 heavy (non-hydrogen) atoms. The molecule has 0 spiro atoms. The van der Waals surface area contributed by atoms with Crippen molar-refractivity contribution in [2.24, 2.45) is 0 Å². The van der Waals surface area contributed by atoms with Crippen LogP contribution in [-0.2, 0) is 10.2 Å². The summed E-state index contributed by atoms with van der Waals surface area (Å²) in [4.78, 5) is 12.1. The number of carbonyl (C=O) groups excluding carboxylic acids is 1. The monoisotopic (exact) mass is 215 g/mol. The molecule has 2 N–H and O–H groups in total. The Labute approximate surface area is 96.2 Å². The average molecular weight is 215 g/mol. The zero-order valence-corrected chi connectivity index (χ0v) is 9.62. The summed E-state index contributed by atoms with van der Waals surface area (Å²) in [6.07, 6.45) is 2.41. The van der Waals surface area contributed by atoms with Gasteiger partial charge in [-0.1, -0.05) is 24.3 Å². The number of nitrogen functional groups attached to an aromatic ring is 1. The van der Waals surface area contributed by atoms with Gasteiger partial charge in [-0.05, 0) is 37.5 Å². The number of hydrogen-bond donors (Lipinski definition) is 1. The van der Waals surface area contributed by atoms with Gasteiger partial charge in [0, 0.05) is 12.1 Å². The van der Waals surface area contributed by atoms with E-state index in [0.29, 0.717) is 12.2 Å². The third-order valence-corrected chi connectivity index (χ3v) is 3.21. The Balaban J connectivity index is 2.22. The normalized spacial score (nSPS) is 16.8. The van der Waals surface area contributed by atoms with Gasteiger partial charge in [-0.2, -0.15) is 0 Å². The third-order valence-electron chi connectivity index (χ3n) is 3.21. The van der Waals surface area contributed by atoms with E-state index in [0.717, 1.165) is 29.7 Å². The van der Waals surface area contributed by atoms with E-state index >= 15 is 0 Å². The molecule has 1 aromatic rings. The maximum atomic E-state index is 12.1. The van der Waals surface area contributed by atoms with Crippen LogP contribution in [0.4, 0.5) is 5.69 Å². The lowest BCUT2D eigenvalue weighted by molar-refractivity contribution is -0.120. The van der Waals surface area contributed by atoms with Crippen molar-refractivity contribution in [2.75, 3.05) is 5.73 Å². The van der Waals surface area contributed by atoms with Crippen molar-refractivity contribution in [3.63, 3.8) is 0 Å². The zero-order valence-electron chi connectivity index (χ0n) is 9.62. The number of carbonyl (C=O) groups is 1. The summed E-state index contributed by atoms with van der Waals surface area (Å²) in [5.41, 5.74) is 8.20. The minimum absolute atomic E-state index is 0.230. The molecule has 0 bridgehead atoms. The topological polar surface area (TPSA) is 43.1 Å². The second kappa shape index (κ2) is 3.78. The number of ketones is 1. The van der Waals surface area contributed by atoms with Gasteiger partial charge in [-0.25, -0.2) is 0 Å². The SMILES string of the molecule is C=C(C)CC(=O)C1(c2ccc(N)cc2)CC1. The molecule has 0 aromatic heterocycles. The first kappa shape index (κ1) is 10.9. The summed E-state index contributed by atoms with van der Waals surface area (Å²) in [6.45, 7) is 5.70. The molecule has 1 aliphatic carbocycles. The average Bonchev–Trinajstić information content (AvgIpc) is 2.98. The quantitative estimate of drug-likeness (QED) is 0.620. The third kappa shape index (κ3) is 1.87. The Morgan fingerprint density at radius 3 is 2.38 bits per heavy atom. The number of benzene rings is 1. The standard InChI is InChI=1S/C14H17NO/c1-10(2)9-13(16)14(7-8-14)11-3-5-12(15)6-4-11/h3-6H,1,7-9,15H2,2H3. The van der Waals surface area contributed by atoms with E-state index in [1.807, 2.05) is 31.2 Å². The van der Waals surface area contributed by atoms with Crippen LogP contribution in [0.1, 0.15) is 31.7 Å². The minimum atomic E-state index is -0.230. The number of Topliss-reactive ketones (excluding diaryl/α,β-unsaturated/α-hetero) is 1. The van der Waals surface area contributed by atoms with Gasteiger partial charge in [0.15, 0.2) is 0 Å². The molecule has 0 heterocycles. The van der Waals surface area contributed by atoms with Crippen molar-refractivity contribution < 1.29 is 4.79 Å². The van der Waals surface area contributed by atoms with Gasteiger partial charge < -0.3 is 5.73 Å². The second-order valence-electron chi connectivity index (χ2n) is 4.76. The summed E-state index contributed by atoms with van der Waals surface area (Å²) >= 11 is 0. The smallest absolute Gasteiger partial charge is 0.147 e. The fourth-order valence-corrected chi connectivity index (χ4v) is 2.10. The maximum Gasteiger partial charge on any atom is 0.147 e. The fraction of sp³-hybridized carbons (Fsp3) is 0.357. The molecule has 0 atom stereocenters. The molecule has 84 valence electrons. The van der Waals surface area contributed by atoms with Gasteiger partial charge in [-0.15, -0.1) is 0 Å². The summed E-state index contributed by atoms with van der Waals surface area (Å²) < 4.78 is 0. The lowest BCUT2D eigenvalue weighted by atomic mass is 9.88. The molecule has 0 unspecified atom stereocenters. The largest absolute Gasteiger partial charge is 0.399 e. The zero-order chi connectivity index (χ0) is 11.8. The van der Waals surface area contributed by atoms with Crippen molar-refractivity contribution in [3.05, 3.63) is 42.0 Å². The molecule has 2 heteroatoms. The van der Waals surface area contributed by atoms with Crippen LogP contribution in [0.25, 0.3) is 0 Å². The van der Waals surface area contributed by atoms with Gasteiger partial charge in [0.2, 0.25) is 0 Å². The first-order valence-corrected chi connectivity index (χ1v) is 5.58. The van der Waals surface area contributed by atoms with Crippen LogP contribution in [-0.4, -0.2) is 5.78 Å². The predicted molar refractivity (Wildman–Crippen MR) is 66.2 cm³/mol. The highest BCUT2D eigenvalue weighted by Gasteiger charge is 2.50. The van der Waals surface area contributed by atoms with Crippen LogP contribution in [0.5, 0.6) is 0 Å². The van der Waals surface area contributed by atoms with Gasteiger partial charge in [-0.3, -0.25) is 4.79 Å². The van der Waals surface area contributed by atoms with Crippen LogP contribution < -0.4 is 5.73 Å². The number of rotatable bonds is 4. The molecule has 0 radical (unpaired) electrons. The van der Waals surface area contributed by atoms with Gasteiger partial charge in [0.25, 0.3) is 0 Å². The minimum Gasteiger partial charge on any atom is -0.399 e. The second-order valence-corrected chi connectivity index (χ2v) is 4.76. The molecule has 0 saturated heterocycles. The lowest BCUT2D eigenvalue weighted by Crippen LogP contribution is -2.20. The van der Waals surface area contributed by atoms with Crippen molar-refractivity contribution in [3.8, 4) is 0 Å². The highest BCUT2D eigenvalue weighted by atomic mass is 16.1. The molecule has 1 saturated carbocycles. The van der Waals surface area contributed by atoms with Gasteiger partial charge >= 0.3 is 0 Å². The Hall–Kier alpha value is -1.57. The van der Waals surface area contributed by atoms with E-state index in [2.05, 4.69) is 6.58 Å². The van der Waals surface area contributed by atoms with Crippen LogP contribution in [0.3, 0.4) is 0 Å². The van der Waals surface area contributed by atoms with E-state index in [4.69, 9.17) is 5.73 Å². The van der Waals surface area contributed by atoms with Crippen LogP contribution in [0.2, 0.25) is 0 Å². The van der Waals surface area contributed by atoms with E-state index in [-0.39, 0.29) is 5.41 Å². The number of hydrogen-bond acceptors (Lipinski definition) is 2. The van der Waals surface area contributed by atoms with Gasteiger partial charge in [0.05, 0.1) is 5.41 Å². The summed E-state index contributed by atoms with van der Waals surface area (Å²) in [7, 11) is 0. The summed E-state index contributed by atoms with van der Waals surface area (Å²) in [5.74, 6) is 0.296. The summed E-state index contributed by atoms with van der Waals surface area (Å²) in [5, 5.41) is 0. The van der Waals surface area contributed by atoms with E-state index < -0.39 is 0 Å². The highest BCUT2D eigenvalue weighted by Crippen LogP contribution is 2.50. The first-order chi connectivity index (χ1) is 7.54. The molecule has 0 amide bonds. The Kier molecular flexibility index (Phi) is 2.58. The molecule has 1 aromatic carbocycles. The van der Waals surface area contributed by atoms with Crippen molar-refractivity contribution in [2.45, 2.75) is 31.6 Å². The highest BCUT2D eigenvalue weighted by molar-refractivity contribution is 5.94. The molecular weight excluding hydrogens is 198 g/mol. The van der Waals surface area contributed by atoms with Crippen LogP contribution >= 0.6 is 0 Å². The molecule has 2 rings (SSSR count). The maximum absolute atomic E-state index is 12.1. The van der Waals surface area contributed by atoms with Crippen LogP contribution in [0, 0.1) is 0 Å². The van der Waals surface area contributed by atoms with Gasteiger partial charge in [0.1, 0.15) is 5.78 Å². The van der Waals surface area contributed by atoms with Crippen molar-refractivity contribution >= 4 is 11.5 Å². The Morgan fingerprint density at radius 1 is 1.38 bits per heavy atom. The Bertz CT molecular complexity index is 427. The van der Waals surface area contributed by atoms with Crippen LogP contribution in [0.15, 0.2) is 36.4 Å². The number of allylic oxidation sites excluding steroid dienone is 1. The molecule has 1 aliphatic rings. The van der Waals surface area contributed by atoms with Crippen molar-refractivity contribution in [1.82, 2.24) is 0 Å². The Morgan fingerprint density at radius 2 is 1.94 bits per heavy atom. The molecular formula is C14H17NO.